The number of ether oxygens (including phenoxy) is 3. The molecule has 1 aliphatic heterocycles. The number of rotatable bonds is 8. The van der Waals surface area contributed by atoms with Crippen LogP contribution in [-0.4, -0.2) is 42.7 Å². The Balaban J connectivity index is 0.864. The molecule has 1 saturated carbocycles. The smallest absolute Gasteiger partial charge is 0.343 e. The molecular formula is C42H30N2O9. The Morgan fingerprint density at radius 1 is 0.604 bits per heavy atom. The van der Waals surface area contributed by atoms with Crippen molar-refractivity contribution in [1.82, 2.24) is 0 Å². The SMILES string of the molecule is COC(=O)c1ccc2cc(OC(=O)c3cccc(C(=O)Nc4ccc(OC(=O)c5ccc(N6C(=O)C7C8C=CC(C8)C7C6=O)cc5)cc4)c3)ccc2c1. The van der Waals surface area contributed by atoms with Crippen LogP contribution in [0.1, 0.15) is 47.9 Å². The summed E-state index contributed by atoms with van der Waals surface area (Å²) in [7, 11) is 1.31. The summed E-state index contributed by atoms with van der Waals surface area (Å²) in [5.41, 5.74) is 1.88. The molecule has 0 aromatic heterocycles. The highest BCUT2D eigenvalue weighted by atomic mass is 16.5. The Morgan fingerprint density at radius 3 is 1.87 bits per heavy atom. The summed E-state index contributed by atoms with van der Waals surface area (Å²) in [4.78, 5) is 78.2. The van der Waals surface area contributed by atoms with E-state index in [4.69, 9.17) is 14.2 Å². The number of nitrogens with zero attached hydrogens (tertiary/aromatic N) is 1. The molecule has 1 heterocycles. The third-order valence-electron chi connectivity index (χ3n) is 9.96. The van der Waals surface area contributed by atoms with Crippen LogP contribution in [0.3, 0.4) is 0 Å². The number of amides is 3. The van der Waals surface area contributed by atoms with Gasteiger partial charge in [0.05, 0.1) is 41.3 Å². The molecule has 2 aliphatic carbocycles. The van der Waals surface area contributed by atoms with Crippen LogP contribution in [0.2, 0.25) is 0 Å². The maximum absolute atomic E-state index is 13.1. The van der Waals surface area contributed by atoms with Crippen molar-refractivity contribution in [2.75, 3.05) is 17.3 Å². The second-order valence-corrected chi connectivity index (χ2v) is 13.1. The Bertz CT molecular complexity index is 2350. The third kappa shape index (κ3) is 6.22. The van der Waals surface area contributed by atoms with Crippen LogP contribution in [-0.2, 0) is 14.3 Å². The molecule has 0 radical (unpaired) electrons. The van der Waals surface area contributed by atoms with Crippen molar-refractivity contribution in [3.8, 4) is 11.5 Å². The van der Waals surface area contributed by atoms with Crippen LogP contribution in [0.4, 0.5) is 11.4 Å². The van der Waals surface area contributed by atoms with Crippen molar-refractivity contribution in [1.29, 1.82) is 0 Å². The Morgan fingerprint density at radius 2 is 1.17 bits per heavy atom. The molecule has 53 heavy (non-hydrogen) atoms. The fraction of sp³-hybridized carbons (Fsp3) is 0.143. The number of carbonyl (C=O) groups is 6. The number of carbonyl (C=O) groups excluding carboxylic acids is 6. The minimum atomic E-state index is -0.657. The Kier molecular flexibility index (Phi) is 8.38. The Hall–Kier alpha value is -6.88. The quantitative estimate of drug-likeness (QED) is 0.0814. The van der Waals surface area contributed by atoms with Crippen LogP contribution in [0.15, 0.2) is 121 Å². The zero-order chi connectivity index (χ0) is 36.8. The first-order valence-electron chi connectivity index (χ1n) is 16.9. The van der Waals surface area contributed by atoms with Crippen molar-refractivity contribution in [2.45, 2.75) is 6.42 Å². The van der Waals surface area contributed by atoms with Crippen LogP contribution in [0, 0.1) is 23.7 Å². The lowest BCUT2D eigenvalue weighted by atomic mass is 9.85. The molecule has 11 heteroatoms. The normalized spacial score (nSPS) is 19.6. The molecule has 3 amide bonds. The van der Waals surface area contributed by atoms with Crippen LogP contribution in [0.5, 0.6) is 11.5 Å². The number of hydrogen-bond acceptors (Lipinski definition) is 9. The van der Waals surface area contributed by atoms with E-state index in [1.165, 1.54) is 48.4 Å². The number of nitrogens with one attached hydrogen (secondary N) is 1. The summed E-state index contributed by atoms with van der Waals surface area (Å²) in [6.07, 6.45) is 4.94. The van der Waals surface area contributed by atoms with E-state index in [0.29, 0.717) is 22.7 Å². The molecule has 4 unspecified atom stereocenters. The molecule has 2 bridgehead atoms. The van der Waals surface area contributed by atoms with Crippen molar-refractivity contribution < 1.29 is 43.0 Å². The molecule has 4 atom stereocenters. The number of hydrogen-bond donors (Lipinski definition) is 1. The van der Waals surface area contributed by atoms with E-state index < -0.39 is 23.8 Å². The van der Waals surface area contributed by atoms with Crippen molar-refractivity contribution in [2.24, 2.45) is 23.7 Å². The molecule has 0 spiro atoms. The van der Waals surface area contributed by atoms with Gasteiger partial charge in [0.1, 0.15) is 11.5 Å². The summed E-state index contributed by atoms with van der Waals surface area (Å²) >= 11 is 0. The molecule has 5 aromatic carbocycles. The lowest BCUT2D eigenvalue weighted by Gasteiger charge is -2.17. The van der Waals surface area contributed by atoms with E-state index in [9.17, 15) is 28.8 Å². The third-order valence-corrected chi connectivity index (χ3v) is 9.96. The molecular weight excluding hydrogens is 676 g/mol. The minimum Gasteiger partial charge on any atom is -0.465 e. The highest BCUT2D eigenvalue weighted by molar-refractivity contribution is 6.23. The van der Waals surface area contributed by atoms with Gasteiger partial charge in [-0.2, -0.15) is 0 Å². The van der Waals surface area contributed by atoms with Gasteiger partial charge < -0.3 is 19.5 Å². The fourth-order valence-corrected chi connectivity index (χ4v) is 7.36. The molecule has 3 aliphatic rings. The van der Waals surface area contributed by atoms with E-state index in [-0.39, 0.29) is 57.9 Å². The topological polar surface area (TPSA) is 145 Å². The second kappa shape index (κ2) is 13.3. The van der Waals surface area contributed by atoms with Crippen molar-refractivity contribution in [3.05, 3.63) is 144 Å². The van der Waals surface area contributed by atoms with E-state index in [2.05, 4.69) is 5.32 Å². The molecule has 2 fully saturated rings. The van der Waals surface area contributed by atoms with Crippen molar-refractivity contribution >= 4 is 57.8 Å². The second-order valence-electron chi connectivity index (χ2n) is 13.1. The van der Waals surface area contributed by atoms with Gasteiger partial charge in [-0.25, -0.2) is 14.4 Å². The highest BCUT2D eigenvalue weighted by Gasteiger charge is 2.59. The van der Waals surface area contributed by atoms with E-state index in [1.54, 1.807) is 72.8 Å². The molecule has 11 nitrogen and oxygen atoms in total. The molecule has 262 valence electrons. The summed E-state index contributed by atoms with van der Waals surface area (Å²) in [6.45, 7) is 0. The number of methoxy groups -OCH3 is 1. The molecule has 5 aromatic rings. The number of esters is 3. The van der Waals surface area contributed by atoms with Gasteiger partial charge in [-0.05, 0) is 120 Å². The van der Waals surface area contributed by atoms with E-state index >= 15 is 0 Å². The summed E-state index contributed by atoms with van der Waals surface area (Å²) < 4.78 is 15.8. The highest BCUT2D eigenvalue weighted by Crippen LogP contribution is 2.53. The van der Waals surface area contributed by atoms with Gasteiger partial charge in [0, 0.05) is 11.3 Å². The number of imide groups is 1. The summed E-state index contributed by atoms with van der Waals surface area (Å²) in [5, 5.41) is 4.28. The fourth-order valence-electron chi connectivity index (χ4n) is 7.36. The van der Waals surface area contributed by atoms with Gasteiger partial charge in [-0.15, -0.1) is 0 Å². The van der Waals surface area contributed by atoms with Gasteiger partial charge >= 0.3 is 17.9 Å². The number of allylic oxidation sites excluding steroid dienone is 2. The predicted octanol–water partition coefficient (Wildman–Crippen LogP) is 6.63. The largest absolute Gasteiger partial charge is 0.465 e. The van der Waals surface area contributed by atoms with Gasteiger partial charge in [0.15, 0.2) is 0 Å². The number of anilines is 2. The maximum atomic E-state index is 13.1. The van der Waals surface area contributed by atoms with Crippen molar-refractivity contribution in [3.63, 3.8) is 0 Å². The van der Waals surface area contributed by atoms with Crippen LogP contribution >= 0.6 is 0 Å². The lowest BCUT2D eigenvalue weighted by Crippen LogP contribution is -2.32. The lowest BCUT2D eigenvalue weighted by molar-refractivity contribution is -0.123. The summed E-state index contributed by atoms with van der Waals surface area (Å²) in [6, 6.07) is 28.5. The Labute approximate surface area is 302 Å². The molecule has 1 N–H and O–H groups in total. The van der Waals surface area contributed by atoms with Gasteiger partial charge in [0.25, 0.3) is 5.91 Å². The first kappa shape index (κ1) is 33.3. The van der Waals surface area contributed by atoms with Gasteiger partial charge in [-0.1, -0.05) is 30.4 Å². The minimum absolute atomic E-state index is 0.110. The zero-order valence-corrected chi connectivity index (χ0v) is 28.2. The van der Waals surface area contributed by atoms with Gasteiger partial charge in [-0.3, -0.25) is 19.3 Å². The summed E-state index contributed by atoms with van der Waals surface area (Å²) in [5.74, 6) is -2.45. The monoisotopic (exact) mass is 706 g/mol. The predicted molar refractivity (Wildman–Crippen MR) is 193 cm³/mol. The first-order valence-corrected chi connectivity index (χ1v) is 16.9. The van der Waals surface area contributed by atoms with Crippen LogP contribution < -0.4 is 19.7 Å². The standard InChI is InChI=1S/C42H30N2O9/c1-51-40(48)30-8-5-25-22-34(16-11-24(25)19-30)53-42(50)29-4-2-3-28(21-29)37(45)43-31-12-17-33(18-13-31)52-41(49)23-9-14-32(15-10-23)44-38(46)35-26-6-7-27(20-26)36(35)39(44)47/h2-19,21-22,26-27,35-36H,20H2,1H3,(H,43,45). The van der Waals surface area contributed by atoms with Gasteiger partial charge in [0.2, 0.25) is 11.8 Å². The van der Waals surface area contributed by atoms with E-state index in [0.717, 1.165) is 17.2 Å². The maximum Gasteiger partial charge on any atom is 0.343 e. The van der Waals surface area contributed by atoms with Crippen LogP contribution in [0.25, 0.3) is 10.8 Å². The average molecular weight is 707 g/mol. The zero-order valence-electron chi connectivity index (χ0n) is 28.2. The number of fused-ring (bicyclic) bond motifs is 6. The molecule has 1 saturated heterocycles. The molecule has 8 rings (SSSR count). The number of benzene rings is 5. The first-order chi connectivity index (χ1) is 25.7. The van der Waals surface area contributed by atoms with E-state index in [1.807, 2.05) is 12.2 Å². The average Bonchev–Trinajstić information content (AvgIpc) is 3.88.